The molecule has 1 aliphatic heterocycles. The van der Waals surface area contributed by atoms with Crippen molar-refractivity contribution in [2.24, 2.45) is 0 Å². The molecule has 1 atom stereocenters. The SMILES string of the molecule is Cc1cccc(C2/C(=C(\O)c3cccc(OC(C)C)c3)C(=O)C(=O)N2c2ccc(C(F)(F)F)cc2)c1. The molecule has 1 amide bonds. The van der Waals surface area contributed by atoms with Gasteiger partial charge in [0.1, 0.15) is 11.5 Å². The maximum absolute atomic E-state index is 13.2. The first kappa shape index (κ1) is 25.0. The number of aryl methyl sites for hydroxylation is 1. The zero-order valence-electron chi connectivity index (χ0n) is 19.8. The zero-order chi connectivity index (χ0) is 26.2. The van der Waals surface area contributed by atoms with Crippen molar-refractivity contribution in [1.29, 1.82) is 0 Å². The van der Waals surface area contributed by atoms with Gasteiger partial charge in [0.25, 0.3) is 11.7 Å². The molecule has 0 bridgehead atoms. The molecule has 0 radical (unpaired) electrons. The molecular formula is C28H24F3NO4. The van der Waals surface area contributed by atoms with Gasteiger partial charge in [-0.15, -0.1) is 0 Å². The van der Waals surface area contributed by atoms with Crippen molar-refractivity contribution in [3.05, 3.63) is 101 Å². The van der Waals surface area contributed by atoms with Crippen molar-refractivity contribution in [1.82, 2.24) is 0 Å². The van der Waals surface area contributed by atoms with E-state index in [0.717, 1.165) is 34.7 Å². The van der Waals surface area contributed by atoms with E-state index in [1.807, 2.05) is 26.8 Å². The summed E-state index contributed by atoms with van der Waals surface area (Å²) in [6, 6.07) is 16.5. The summed E-state index contributed by atoms with van der Waals surface area (Å²) >= 11 is 0. The maximum Gasteiger partial charge on any atom is 0.416 e. The third kappa shape index (κ3) is 4.84. The first-order valence-corrected chi connectivity index (χ1v) is 11.3. The minimum Gasteiger partial charge on any atom is -0.507 e. The van der Waals surface area contributed by atoms with E-state index in [1.54, 1.807) is 42.5 Å². The third-order valence-electron chi connectivity index (χ3n) is 5.75. The topological polar surface area (TPSA) is 66.8 Å². The number of aliphatic hydroxyl groups is 1. The van der Waals surface area contributed by atoms with E-state index in [4.69, 9.17) is 4.74 Å². The van der Waals surface area contributed by atoms with Crippen LogP contribution in [0.1, 0.15) is 42.1 Å². The highest BCUT2D eigenvalue weighted by Gasteiger charge is 2.47. The second kappa shape index (κ2) is 9.53. The van der Waals surface area contributed by atoms with Crippen molar-refractivity contribution >= 4 is 23.1 Å². The molecule has 4 rings (SSSR count). The Bertz CT molecular complexity index is 1340. The lowest BCUT2D eigenvalue weighted by Gasteiger charge is -2.26. The Morgan fingerprint density at radius 2 is 1.64 bits per heavy atom. The Labute approximate surface area is 206 Å². The van der Waals surface area contributed by atoms with Gasteiger partial charge >= 0.3 is 6.18 Å². The lowest BCUT2D eigenvalue weighted by molar-refractivity contribution is -0.137. The monoisotopic (exact) mass is 495 g/mol. The first-order valence-electron chi connectivity index (χ1n) is 11.3. The van der Waals surface area contributed by atoms with Crippen molar-refractivity contribution < 1.29 is 32.6 Å². The standard InChI is InChI=1S/C28H24F3NO4/c1-16(2)36-22-9-5-8-19(15-22)25(33)23-24(18-7-4-6-17(3)14-18)32(27(35)26(23)34)21-12-10-20(11-13-21)28(29,30)31/h4-16,24,33H,1-3H3/b25-23+. The number of alkyl halides is 3. The lowest BCUT2D eigenvalue weighted by Crippen LogP contribution is -2.29. The lowest BCUT2D eigenvalue weighted by atomic mass is 9.94. The van der Waals surface area contributed by atoms with Crippen LogP contribution in [0.3, 0.4) is 0 Å². The molecule has 0 aliphatic carbocycles. The summed E-state index contributed by atoms with van der Waals surface area (Å²) in [6.45, 7) is 5.53. The van der Waals surface area contributed by atoms with E-state index < -0.39 is 35.2 Å². The van der Waals surface area contributed by atoms with Gasteiger partial charge in [0.2, 0.25) is 0 Å². The van der Waals surface area contributed by atoms with Crippen LogP contribution >= 0.6 is 0 Å². The molecule has 186 valence electrons. The Hall–Kier alpha value is -4.07. The van der Waals surface area contributed by atoms with Crippen LogP contribution in [0.15, 0.2) is 78.4 Å². The Morgan fingerprint density at radius 3 is 2.25 bits per heavy atom. The summed E-state index contributed by atoms with van der Waals surface area (Å²) in [5.74, 6) is -1.81. The van der Waals surface area contributed by atoms with Crippen LogP contribution in [0.5, 0.6) is 5.75 Å². The third-order valence-corrected chi connectivity index (χ3v) is 5.75. The largest absolute Gasteiger partial charge is 0.507 e. The Balaban J connectivity index is 1.89. The fourth-order valence-corrected chi connectivity index (χ4v) is 4.21. The fraction of sp³-hybridized carbons (Fsp3) is 0.214. The number of carbonyl (C=O) groups is 2. The number of hydrogen-bond donors (Lipinski definition) is 1. The molecular weight excluding hydrogens is 471 g/mol. The van der Waals surface area contributed by atoms with Crippen LogP contribution in [-0.4, -0.2) is 22.9 Å². The Morgan fingerprint density at radius 1 is 0.972 bits per heavy atom. The number of anilines is 1. The molecule has 1 heterocycles. The summed E-state index contributed by atoms with van der Waals surface area (Å²) in [5.41, 5.74) is 0.718. The van der Waals surface area contributed by atoms with Gasteiger partial charge in [0, 0.05) is 11.3 Å². The molecule has 0 saturated carbocycles. The highest BCUT2D eigenvalue weighted by atomic mass is 19.4. The maximum atomic E-state index is 13.2. The average molecular weight is 495 g/mol. The summed E-state index contributed by atoms with van der Waals surface area (Å²) < 4.78 is 45.0. The van der Waals surface area contributed by atoms with Gasteiger partial charge in [-0.05, 0) is 62.7 Å². The number of hydrogen-bond acceptors (Lipinski definition) is 4. The van der Waals surface area contributed by atoms with E-state index in [-0.39, 0.29) is 22.9 Å². The number of amides is 1. The number of ketones is 1. The molecule has 1 fully saturated rings. The van der Waals surface area contributed by atoms with Gasteiger partial charge in [-0.1, -0.05) is 42.0 Å². The molecule has 1 saturated heterocycles. The molecule has 36 heavy (non-hydrogen) atoms. The van der Waals surface area contributed by atoms with Crippen molar-refractivity contribution in [3.63, 3.8) is 0 Å². The average Bonchev–Trinajstić information content (AvgIpc) is 3.08. The smallest absolute Gasteiger partial charge is 0.416 e. The zero-order valence-corrected chi connectivity index (χ0v) is 19.8. The molecule has 8 heteroatoms. The van der Waals surface area contributed by atoms with E-state index in [1.165, 1.54) is 0 Å². The minimum absolute atomic E-state index is 0.104. The van der Waals surface area contributed by atoms with E-state index in [9.17, 15) is 27.9 Å². The molecule has 1 aliphatic rings. The summed E-state index contributed by atoms with van der Waals surface area (Å²) in [7, 11) is 0. The predicted molar refractivity (Wildman–Crippen MR) is 130 cm³/mol. The van der Waals surface area contributed by atoms with Crippen LogP contribution in [0.2, 0.25) is 0 Å². The second-order valence-corrected chi connectivity index (χ2v) is 8.82. The van der Waals surface area contributed by atoms with E-state index in [2.05, 4.69) is 0 Å². The normalized spacial score (nSPS) is 17.6. The molecule has 0 spiro atoms. The quantitative estimate of drug-likeness (QED) is 0.252. The first-order chi connectivity index (χ1) is 17.0. The minimum atomic E-state index is -4.55. The predicted octanol–water partition coefficient (Wildman–Crippen LogP) is 6.43. The van der Waals surface area contributed by atoms with Gasteiger partial charge < -0.3 is 9.84 Å². The van der Waals surface area contributed by atoms with Gasteiger partial charge in [-0.3, -0.25) is 14.5 Å². The van der Waals surface area contributed by atoms with Gasteiger partial charge in [-0.2, -0.15) is 13.2 Å². The highest BCUT2D eigenvalue weighted by Crippen LogP contribution is 2.43. The van der Waals surface area contributed by atoms with Gasteiger partial charge in [0.05, 0.1) is 23.3 Å². The van der Waals surface area contributed by atoms with Crippen LogP contribution in [-0.2, 0) is 15.8 Å². The fourth-order valence-electron chi connectivity index (χ4n) is 4.21. The van der Waals surface area contributed by atoms with Crippen LogP contribution in [0.25, 0.3) is 5.76 Å². The highest BCUT2D eigenvalue weighted by molar-refractivity contribution is 6.51. The molecule has 5 nitrogen and oxygen atoms in total. The summed E-state index contributed by atoms with van der Waals surface area (Å²) in [4.78, 5) is 27.6. The van der Waals surface area contributed by atoms with Crippen molar-refractivity contribution in [3.8, 4) is 5.75 Å². The number of benzene rings is 3. The van der Waals surface area contributed by atoms with Crippen molar-refractivity contribution in [2.75, 3.05) is 4.90 Å². The van der Waals surface area contributed by atoms with Gasteiger partial charge in [0.15, 0.2) is 0 Å². The number of nitrogens with zero attached hydrogens (tertiary/aromatic N) is 1. The molecule has 3 aromatic rings. The Kier molecular flexibility index (Phi) is 6.63. The van der Waals surface area contributed by atoms with Crippen LogP contribution in [0.4, 0.5) is 18.9 Å². The summed E-state index contributed by atoms with van der Waals surface area (Å²) in [5, 5.41) is 11.3. The van der Waals surface area contributed by atoms with E-state index >= 15 is 0 Å². The van der Waals surface area contributed by atoms with Gasteiger partial charge in [-0.25, -0.2) is 0 Å². The molecule has 0 aromatic heterocycles. The number of ether oxygens (including phenoxy) is 1. The van der Waals surface area contributed by atoms with Crippen molar-refractivity contribution in [2.45, 2.75) is 39.1 Å². The van der Waals surface area contributed by atoms with E-state index in [0.29, 0.717) is 11.3 Å². The molecule has 1 unspecified atom stereocenters. The number of halogens is 3. The number of carbonyl (C=O) groups excluding carboxylic acids is 2. The molecule has 3 aromatic carbocycles. The second-order valence-electron chi connectivity index (χ2n) is 8.82. The van der Waals surface area contributed by atoms with Crippen LogP contribution < -0.4 is 9.64 Å². The summed E-state index contributed by atoms with van der Waals surface area (Å²) in [6.07, 6.45) is -4.67. The van der Waals surface area contributed by atoms with Crippen LogP contribution in [0, 0.1) is 6.92 Å². The molecule has 1 N–H and O–H groups in total. The number of rotatable bonds is 5. The number of Topliss-reactive ketones (excluding diaryl/α,β-unsaturated/α-hetero) is 1. The number of aliphatic hydroxyl groups excluding tert-OH is 1.